The van der Waals surface area contributed by atoms with Crippen molar-refractivity contribution in [1.29, 1.82) is 0 Å². The fraction of sp³-hybridized carbons (Fsp3) is 0.0625. The van der Waals surface area contributed by atoms with E-state index in [0.29, 0.717) is 10.7 Å². The van der Waals surface area contributed by atoms with E-state index in [-0.39, 0.29) is 5.91 Å². The van der Waals surface area contributed by atoms with E-state index in [1.54, 1.807) is 29.8 Å². The molecule has 0 fully saturated rings. The van der Waals surface area contributed by atoms with Crippen LogP contribution in [0.1, 0.15) is 16.1 Å². The summed E-state index contributed by atoms with van der Waals surface area (Å²) in [6.45, 7) is 1.89. The maximum Gasteiger partial charge on any atom is 0.275 e. The van der Waals surface area contributed by atoms with Crippen molar-refractivity contribution >= 4 is 34.5 Å². The standard InChI is InChI=1S/C16H12ClN3OS/c1-10-8-11(17)5-6-12(10)19-15(21)14-9-22-16(20-14)13-4-2-3-7-18-13/h2-9H,1H3,(H,19,21). The Balaban J connectivity index is 1.80. The monoisotopic (exact) mass is 329 g/mol. The number of nitrogens with zero attached hydrogens (tertiary/aromatic N) is 2. The van der Waals surface area contributed by atoms with E-state index in [4.69, 9.17) is 11.6 Å². The molecular formula is C16H12ClN3OS. The molecular weight excluding hydrogens is 318 g/mol. The third kappa shape index (κ3) is 3.16. The second-order valence-corrected chi connectivity index (χ2v) is 5.96. The Morgan fingerprint density at radius 2 is 2.14 bits per heavy atom. The number of aromatic nitrogens is 2. The third-order valence-corrected chi connectivity index (χ3v) is 4.16. The van der Waals surface area contributed by atoms with E-state index in [9.17, 15) is 4.79 Å². The van der Waals surface area contributed by atoms with Gasteiger partial charge in [0.15, 0.2) is 0 Å². The summed E-state index contributed by atoms with van der Waals surface area (Å²) < 4.78 is 0. The molecule has 1 aromatic carbocycles. The van der Waals surface area contributed by atoms with E-state index in [2.05, 4.69) is 15.3 Å². The summed E-state index contributed by atoms with van der Waals surface area (Å²) >= 11 is 7.30. The van der Waals surface area contributed by atoms with Crippen LogP contribution in [0.15, 0.2) is 48.0 Å². The number of pyridine rings is 1. The molecule has 0 aliphatic heterocycles. The Bertz CT molecular complexity index is 817. The number of hydrogen-bond acceptors (Lipinski definition) is 4. The van der Waals surface area contributed by atoms with Crippen molar-refractivity contribution in [3.63, 3.8) is 0 Å². The molecule has 1 amide bonds. The van der Waals surface area contributed by atoms with E-state index in [1.165, 1.54) is 11.3 Å². The summed E-state index contributed by atoms with van der Waals surface area (Å²) in [5.41, 5.74) is 2.76. The van der Waals surface area contributed by atoms with E-state index in [1.807, 2.05) is 25.1 Å². The number of rotatable bonds is 3. The van der Waals surface area contributed by atoms with Crippen molar-refractivity contribution in [1.82, 2.24) is 9.97 Å². The van der Waals surface area contributed by atoms with Gasteiger partial charge >= 0.3 is 0 Å². The van der Waals surface area contributed by atoms with Crippen LogP contribution < -0.4 is 5.32 Å². The SMILES string of the molecule is Cc1cc(Cl)ccc1NC(=O)c1csc(-c2ccccn2)n1. The lowest BCUT2D eigenvalue weighted by molar-refractivity contribution is 0.102. The molecule has 0 unspecified atom stereocenters. The van der Waals surface area contributed by atoms with Gasteiger partial charge in [0.1, 0.15) is 10.7 Å². The van der Waals surface area contributed by atoms with Gasteiger partial charge in [0.25, 0.3) is 5.91 Å². The number of hydrogen-bond donors (Lipinski definition) is 1. The summed E-state index contributed by atoms with van der Waals surface area (Å²) in [6.07, 6.45) is 1.70. The second kappa shape index (κ2) is 6.25. The number of benzene rings is 1. The zero-order valence-corrected chi connectivity index (χ0v) is 13.3. The summed E-state index contributed by atoms with van der Waals surface area (Å²) in [7, 11) is 0. The number of nitrogens with one attached hydrogen (secondary N) is 1. The highest BCUT2D eigenvalue weighted by Gasteiger charge is 2.13. The van der Waals surface area contributed by atoms with Gasteiger partial charge in [-0.2, -0.15) is 0 Å². The van der Waals surface area contributed by atoms with Crippen LogP contribution in [0.4, 0.5) is 5.69 Å². The van der Waals surface area contributed by atoms with Gasteiger partial charge in [0.05, 0.1) is 5.69 Å². The molecule has 110 valence electrons. The van der Waals surface area contributed by atoms with Gasteiger partial charge in [-0.3, -0.25) is 9.78 Å². The van der Waals surface area contributed by atoms with Gasteiger partial charge in [0.2, 0.25) is 0 Å². The largest absolute Gasteiger partial charge is 0.320 e. The number of carbonyl (C=O) groups is 1. The van der Waals surface area contributed by atoms with E-state index in [0.717, 1.165) is 22.0 Å². The van der Waals surface area contributed by atoms with E-state index < -0.39 is 0 Å². The maximum absolute atomic E-state index is 12.3. The molecule has 2 aromatic heterocycles. The molecule has 0 radical (unpaired) electrons. The molecule has 0 atom stereocenters. The number of amides is 1. The molecule has 0 aliphatic rings. The minimum atomic E-state index is -0.246. The zero-order chi connectivity index (χ0) is 15.5. The number of thiazole rings is 1. The summed E-state index contributed by atoms with van der Waals surface area (Å²) in [6, 6.07) is 10.9. The molecule has 6 heteroatoms. The summed E-state index contributed by atoms with van der Waals surface area (Å²) in [5, 5.41) is 5.93. The Kier molecular flexibility index (Phi) is 4.18. The Morgan fingerprint density at radius 1 is 1.27 bits per heavy atom. The molecule has 1 N–H and O–H groups in total. The number of carbonyl (C=O) groups excluding carboxylic acids is 1. The van der Waals surface area contributed by atoms with Crippen LogP contribution in [0.3, 0.4) is 0 Å². The molecule has 2 heterocycles. The first-order chi connectivity index (χ1) is 10.6. The molecule has 0 aliphatic carbocycles. The van der Waals surface area contributed by atoms with Crippen molar-refractivity contribution in [2.45, 2.75) is 6.92 Å². The van der Waals surface area contributed by atoms with Gasteiger partial charge in [-0.05, 0) is 42.8 Å². The fourth-order valence-corrected chi connectivity index (χ4v) is 2.94. The van der Waals surface area contributed by atoms with Gasteiger partial charge < -0.3 is 5.32 Å². The van der Waals surface area contributed by atoms with Gasteiger partial charge in [-0.25, -0.2) is 4.98 Å². The molecule has 22 heavy (non-hydrogen) atoms. The first kappa shape index (κ1) is 14.7. The Morgan fingerprint density at radius 3 is 2.86 bits per heavy atom. The highest BCUT2D eigenvalue weighted by molar-refractivity contribution is 7.13. The second-order valence-electron chi connectivity index (χ2n) is 4.67. The smallest absolute Gasteiger partial charge is 0.275 e. The van der Waals surface area contributed by atoms with Crippen molar-refractivity contribution in [2.75, 3.05) is 5.32 Å². The molecule has 0 spiro atoms. The first-order valence-electron chi connectivity index (χ1n) is 6.58. The van der Waals surface area contributed by atoms with Gasteiger partial charge in [0, 0.05) is 22.3 Å². The van der Waals surface area contributed by atoms with Crippen LogP contribution in [0.5, 0.6) is 0 Å². The molecule has 3 rings (SSSR count). The van der Waals surface area contributed by atoms with Crippen molar-refractivity contribution in [2.24, 2.45) is 0 Å². The normalized spacial score (nSPS) is 10.5. The lowest BCUT2D eigenvalue weighted by Gasteiger charge is -2.07. The van der Waals surface area contributed by atoms with Crippen molar-refractivity contribution in [3.8, 4) is 10.7 Å². The van der Waals surface area contributed by atoms with Gasteiger partial charge in [-0.1, -0.05) is 17.7 Å². The molecule has 0 saturated heterocycles. The summed E-state index contributed by atoms with van der Waals surface area (Å²) in [4.78, 5) is 20.8. The predicted octanol–water partition coefficient (Wildman–Crippen LogP) is 4.42. The van der Waals surface area contributed by atoms with Crippen LogP contribution in [0, 0.1) is 6.92 Å². The van der Waals surface area contributed by atoms with Crippen molar-refractivity contribution < 1.29 is 4.79 Å². The Hall–Kier alpha value is -2.24. The topological polar surface area (TPSA) is 54.9 Å². The maximum atomic E-state index is 12.3. The van der Waals surface area contributed by atoms with Crippen LogP contribution in [0.2, 0.25) is 5.02 Å². The first-order valence-corrected chi connectivity index (χ1v) is 7.83. The number of aryl methyl sites for hydroxylation is 1. The predicted molar refractivity (Wildman–Crippen MR) is 89.5 cm³/mol. The number of halogens is 1. The fourth-order valence-electron chi connectivity index (χ4n) is 1.94. The van der Waals surface area contributed by atoms with Crippen LogP contribution in [-0.4, -0.2) is 15.9 Å². The average Bonchev–Trinajstić information content (AvgIpc) is 3.01. The van der Waals surface area contributed by atoms with E-state index >= 15 is 0 Å². The third-order valence-electron chi connectivity index (χ3n) is 3.06. The molecule has 0 saturated carbocycles. The highest BCUT2D eigenvalue weighted by atomic mass is 35.5. The number of anilines is 1. The average molecular weight is 330 g/mol. The minimum Gasteiger partial charge on any atom is -0.320 e. The van der Waals surface area contributed by atoms with Gasteiger partial charge in [-0.15, -0.1) is 11.3 Å². The zero-order valence-electron chi connectivity index (χ0n) is 11.7. The summed E-state index contributed by atoms with van der Waals surface area (Å²) in [5.74, 6) is -0.246. The molecule has 4 nitrogen and oxygen atoms in total. The van der Waals surface area contributed by atoms with Crippen LogP contribution in [-0.2, 0) is 0 Å². The molecule has 0 bridgehead atoms. The lowest BCUT2D eigenvalue weighted by Crippen LogP contribution is -2.13. The highest BCUT2D eigenvalue weighted by Crippen LogP contribution is 2.23. The Labute approximate surface area is 136 Å². The quantitative estimate of drug-likeness (QED) is 0.774. The van der Waals surface area contributed by atoms with Crippen molar-refractivity contribution in [3.05, 3.63) is 64.3 Å². The lowest BCUT2D eigenvalue weighted by atomic mass is 10.2. The van der Waals surface area contributed by atoms with Crippen LogP contribution in [0.25, 0.3) is 10.7 Å². The van der Waals surface area contributed by atoms with Crippen LogP contribution >= 0.6 is 22.9 Å². The minimum absolute atomic E-state index is 0.246. The molecule has 3 aromatic rings.